The Hall–Kier alpha value is -2.27. The monoisotopic (exact) mass is 415 g/mol. The Labute approximate surface area is 181 Å². The summed E-state index contributed by atoms with van der Waals surface area (Å²) in [7, 11) is 1.68. The fourth-order valence-electron chi connectivity index (χ4n) is 3.24. The van der Waals surface area contributed by atoms with Crippen molar-refractivity contribution in [1.82, 2.24) is 0 Å². The topological polar surface area (TPSA) is 60.0 Å². The molecule has 0 saturated heterocycles. The number of unbranched alkanes of at least 4 members (excludes halogenated alkanes) is 1. The number of halogens is 1. The maximum atomic E-state index is 14.3. The van der Waals surface area contributed by atoms with Crippen molar-refractivity contribution in [2.24, 2.45) is 15.7 Å². The van der Waals surface area contributed by atoms with Crippen LogP contribution in [-0.2, 0) is 4.74 Å². The molecule has 1 aliphatic rings. The van der Waals surface area contributed by atoms with Crippen molar-refractivity contribution in [2.45, 2.75) is 59.3 Å². The van der Waals surface area contributed by atoms with E-state index in [0.29, 0.717) is 35.6 Å². The number of ether oxygens (including phenoxy) is 1. The molecule has 0 aromatic carbocycles. The van der Waals surface area contributed by atoms with E-state index in [0.717, 1.165) is 37.7 Å². The Morgan fingerprint density at radius 2 is 2.03 bits per heavy atom. The second-order valence-corrected chi connectivity index (χ2v) is 7.14. The van der Waals surface area contributed by atoms with Crippen molar-refractivity contribution in [2.75, 3.05) is 27.0 Å². The number of hydrogen-bond donors (Lipinski definition) is 1. The third kappa shape index (κ3) is 8.62. The molecule has 166 valence electrons. The molecule has 0 aliphatic heterocycles. The highest BCUT2D eigenvalue weighted by Gasteiger charge is 2.20. The van der Waals surface area contributed by atoms with Gasteiger partial charge in [-0.1, -0.05) is 69.6 Å². The zero-order chi connectivity index (χ0) is 22.2. The molecule has 1 aliphatic carbocycles. The van der Waals surface area contributed by atoms with Gasteiger partial charge < -0.3 is 10.5 Å². The lowest BCUT2D eigenvalue weighted by atomic mass is 10.00. The first-order valence-corrected chi connectivity index (χ1v) is 11.0. The molecule has 0 amide bonds. The number of nitrogens with zero attached hydrogens (tertiary/aromatic N) is 2. The first-order chi connectivity index (χ1) is 14.6. The summed E-state index contributed by atoms with van der Waals surface area (Å²) in [5.41, 5.74) is 9.69. The largest absolute Gasteiger partial charge is 0.493 e. The molecule has 0 aromatic heterocycles. The molecule has 0 saturated carbocycles. The van der Waals surface area contributed by atoms with Gasteiger partial charge in [-0.05, 0) is 24.8 Å². The third-order valence-electron chi connectivity index (χ3n) is 4.74. The molecule has 0 fully saturated rings. The zero-order valence-electron chi connectivity index (χ0n) is 19.1. The first kappa shape index (κ1) is 25.8. The minimum absolute atomic E-state index is 0.163. The van der Waals surface area contributed by atoms with Crippen LogP contribution in [0.5, 0.6) is 0 Å². The fourth-order valence-corrected chi connectivity index (χ4v) is 3.24. The third-order valence-corrected chi connectivity index (χ3v) is 4.74. The lowest BCUT2D eigenvalue weighted by Crippen LogP contribution is -2.13. The summed E-state index contributed by atoms with van der Waals surface area (Å²) in [5, 5.41) is 0. The van der Waals surface area contributed by atoms with Gasteiger partial charge in [-0.25, -0.2) is 4.39 Å². The van der Waals surface area contributed by atoms with Crippen molar-refractivity contribution in [3.05, 3.63) is 58.4 Å². The van der Waals surface area contributed by atoms with Crippen LogP contribution in [0.15, 0.2) is 68.4 Å². The summed E-state index contributed by atoms with van der Waals surface area (Å²) in [6, 6.07) is 0. The summed E-state index contributed by atoms with van der Waals surface area (Å²) in [5.74, 6) is 0.675. The molecule has 0 radical (unpaired) electrons. The smallest absolute Gasteiger partial charge is 0.118 e. The van der Waals surface area contributed by atoms with Gasteiger partial charge in [0.2, 0.25) is 0 Å². The van der Waals surface area contributed by atoms with Gasteiger partial charge in [0.25, 0.3) is 0 Å². The van der Waals surface area contributed by atoms with Crippen molar-refractivity contribution in [3.8, 4) is 0 Å². The molecule has 0 atom stereocenters. The van der Waals surface area contributed by atoms with Crippen LogP contribution >= 0.6 is 0 Å². The van der Waals surface area contributed by atoms with Crippen molar-refractivity contribution >= 4 is 11.9 Å². The SMILES string of the molecule is CC/C=C(\C=C/CCC)COC1=C(CF)C(C(C=NCN)=NC)=CC=C(CCC)C1. The standard InChI is InChI=1S/C25H38FN3O/c1-5-8-9-12-21(11-7-3)18-30-25-15-20(10-6-2)13-14-22(23(25)16-26)24(28-4)17-29-19-27/h9,11-14,17H,5-8,10,15-16,18-19,27H2,1-4H3/b12-9-,21-11+,28-24?,29-17?. The summed E-state index contributed by atoms with van der Waals surface area (Å²) in [6.45, 7) is 6.37. The summed E-state index contributed by atoms with van der Waals surface area (Å²) >= 11 is 0. The van der Waals surface area contributed by atoms with Crippen molar-refractivity contribution < 1.29 is 9.13 Å². The number of rotatable bonds is 13. The van der Waals surface area contributed by atoms with Gasteiger partial charge in [0.15, 0.2) is 0 Å². The summed E-state index contributed by atoms with van der Waals surface area (Å²) in [6.07, 6.45) is 17.7. The van der Waals surface area contributed by atoms with Crippen molar-refractivity contribution in [3.63, 3.8) is 0 Å². The molecular weight excluding hydrogens is 377 g/mol. The predicted molar refractivity (Wildman–Crippen MR) is 128 cm³/mol. The molecule has 0 aromatic rings. The van der Waals surface area contributed by atoms with Crippen LogP contribution in [0.1, 0.15) is 59.3 Å². The van der Waals surface area contributed by atoms with Crippen LogP contribution in [0.25, 0.3) is 0 Å². The number of hydrogen-bond acceptors (Lipinski definition) is 4. The van der Waals surface area contributed by atoms with E-state index in [9.17, 15) is 4.39 Å². The minimum Gasteiger partial charge on any atom is -0.493 e. The van der Waals surface area contributed by atoms with Gasteiger partial charge in [-0.2, -0.15) is 0 Å². The highest BCUT2D eigenvalue weighted by atomic mass is 19.1. The zero-order valence-corrected chi connectivity index (χ0v) is 19.1. The molecule has 0 bridgehead atoms. The highest BCUT2D eigenvalue weighted by Crippen LogP contribution is 2.29. The van der Waals surface area contributed by atoms with E-state index in [-0.39, 0.29) is 6.67 Å². The van der Waals surface area contributed by atoms with Gasteiger partial charge in [0.1, 0.15) is 19.0 Å². The van der Waals surface area contributed by atoms with Crippen LogP contribution in [0, 0.1) is 0 Å². The van der Waals surface area contributed by atoms with Gasteiger partial charge in [0, 0.05) is 30.8 Å². The number of nitrogens with two attached hydrogens (primary N) is 1. The Bertz CT molecular complexity index is 739. The van der Waals surface area contributed by atoms with E-state index >= 15 is 0 Å². The van der Waals surface area contributed by atoms with Gasteiger partial charge in [-0.3, -0.25) is 9.98 Å². The van der Waals surface area contributed by atoms with Gasteiger partial charge >= 0.3 is 0 Å². The average Bonchev–Trinajstić information content (AvgIpc) is 2.92. The second-order valence-electron chi connectivity index (χ2n) is 7.14. The van der Waals surface area contributed by atoms with Crippen LogP contribution in [0.4, 0.5) is 4.39 Å². The molecule has 5 heteroatoms. The summed E-state index contributed by atoms with van der Waals surface area (Å²) in [4.78, 5) is 8.40. The molecule has 30 heavy (non-hydrogen) atoms. The maximum absolute atomic E-state index is 14.3. The molecule has 2 N–H and O–H groups in total. The van der Waals surface area contributed by atoms with Crippen LogP contribution in [0.2, 0.25) is 0 Å². The average molecular weight is 416 g/mol. The molecule has 0 heterocycles. The molecule has 0 spiro atoms. The number of aliphatic imine (C=N–C) groups is 2. The highest BCUT2D eigenvalue weighted by molar-refractivity contribution is 6.39. The van der Waals surface area contributed by atoms with Crippen LogP contribution in [0.3, 0.4) is 0 Å². The first-order valence-electron chi connectivity index (χ1n) is 11.0. The molecule has 0 unspecified atom stereocenters. The lowest BCUT2D eigenvalue weighted by Gasteiger charge is -2.17. The second kappa shape index (κ2) is 15.6. The van der Waals surface area contributed by atoms with E-state index in [1.807, 2.05) is 6.08 Å². The number of allylic oxidation sites excluding steroid dienone is 7. The van der Waals surface area contributed by atoms with E-state index in [4.69, 9.17) is 10.5 Å². The quantitative estimate of drug-likeness (QED) is 0.295. The van der Waals surface area contributed by atoms with Crippen molar-refractivity contribution in [1.29, 1.82) is 0 Å². The van der Waals surface area contributed by atoms with Gasteiger partial charge in [0.05, 0.1) is 12.4 Å². The molecule has 1 rings (SSSR count). The Kier molecular flexibility index (Phi) is 13.4. The normalized spacial score (nSPS) is 16.3. The molecular formula is C25H38FN3O. The number of alkyl halides is 1. The van der Waals surface area contributed by atoms with Gasteiger partial charge in [-0.15, -0.1) is 0 Å². The van der Waals surface area contributed by atoms with E-state index in [1.165, 1.54) is 5.57 Å². The maximum Gasteiger partial charge on any atom is 0.118 e. The Balaban J connectivity index is 3.28. The fraction of sp³-hybridized carbons (Fsp3) is 0.520. The molecule has 4 nitrogen and oxygen atoms in total. The van der Waals surface area contributed by atoms with Crippen LogP contribution in [-0.4, -0.2) is 38.9 Å². The van der Waals surface area contributed by atoms with Crippen LogP contribution < -0.4 is 5.73 Å². The Morgan fingerprint density at radius 1 is 1.23 bits per heavy atom. The summed E-state index contributed by atoms with van der Waals surface area (Å²) < 4.78 is 20.5. The lowest BCUT2D eigenvalue weighted by molar-refractivity contribution is 0.229. The minimum atomic E-state index is -0.623. The predicted octanol–water partition coefficient (Wildman–Crippen LogP) is 6.03. The van der Waals surface area contributed by atoms with E-state index < -0.39 is 6.67 Å². The van der Waals surface area contributed by atoms with E-state index in [1.54, 1.807) is 13.3 Å². The Morgan fingerprint density at radius 3 is 2.63 bits per heavy atom. The van der Waals surface area contributed by atoms with E-state index in [2.05, 4.69) is 55.1 Å².